The summed E-state index contributed by atoms with van der Waals surface area (Å²) < 4.78 is 26.4. The van der Waals surface area contributed by atoms with Gasteiger partial charge in [0.05, 0.1) is 17.0 Å². The van der Waals surface area contributed by atoms with Crippen LogP contribution in [0.3, 0.4) is 0 Å². The second kappa shape index (κ2) is 10.7. The summed E-state index contributed by atoms with van der Waals surface area (Å²) >= 11 is 0. The molecule has 5 nitrogen and oxygen atoms in total. The van der Waals surface area contributed by atoms with Crippen LogP contribution in [-0.4, -0.2) is 22.5 Å². The summed E-state index contributed by atoms with van der Waals surface area (Å²) in [5, 5.41) is 10.1. The number of carbonyl (C=O) groups excluding carboxylic acids is 2. The highest BCUT2D eigenvalue weighted by Crippen LogP contribution is 2.13. The Labute approximate surface area is 156 Å². The van der Waals surface area contributed by atoms with Crippen molar-refractivity contribution in [2.24, 2.45) is 5.92 Å². The molecule has 0 bridgehead atoms. The average molecular weight is 373 g/mol. The molecule has 0 unspecified atom stereocenters. The van der Waals surface area contributed by atoms with E-state index < -0.39 is 17.5 Å². The zero-order valence-corrected chi connectivity index (χ0v) is 15.3. The summed E-state index contributed by atoms with van der Waals surface area (Å²) in [5.41, 5.74) is 0.00357. The normalized spacial score (nSPS) is 9.70. The van der Waals surface area contributed by atoms with E-state index in [1.165, 1.54) is 12.1 Å². The summed E-state index contributed by atoms with van der Waals surface area (Å²) in [4.78, 5) is 26.2. The van der Waals surface area contributed by atoms with Crippen LogP contribution in [-0.2, 0) is 4.79 Å². The number of anilines is 1. The quantitative estimate of drug-likeness (QED) is 0.601. The summed E-state index contributed by atoms with van der Waals surface area (Å²) in [6.45, 7) is 6.50. The zero-order valence-electron chi connectivity index (χ0n) is 15.3. The number of benzene rings is 1. The van der Waals surface area contributed by atoms with Crippen LogP contribution in [0.5, 0.6) is 0 Å². The SMILES string of the molecule is CC(C)C.N=C(CC=C=O)c1cccc(NC(=O)c2ccc(F)cc2F)n1. The number of pyridine rings is 1. The van der Waals surface area contributed by atoms with E-state index in [0.717, 1.165) is 24.1 Å². The second-order valence-electron chi connectivity index (χ2n) is 6.22. The monoisotopic (exact) mass is 373 g/mol. The minimum absolute atomic E-state index is 0.0560. The fourth-order valence-electron chi connectivity index (χ4n) is 1.78. The smallest absolute Gasteiger partial charge is 0.259 e. The molecule has 0 radical (unpaired) electrons. The predicted molar refractivity (Wildman–Crippen MR) is 101 cm³/mol. The average Bonchev–Trinajstić information content (AvgIpc) is 2.59. The number of aromatic nitrogens is 1. The van der Waals surface area contributed by atoms with Gasteiger partial charge in [-0.2, -0.15) is 0 Å². The van der Waals surface area contributed by atoms with Crippen LogP contribution in [0.4, 0.5) is 14.6 Å². The molecule has 0 saturated carbocycles. The minimum atomic E-state index is -0.984. The van der Waals surface area contributed by atoms with E-state index in [-0.39, 0.29) is 29.2 Å². The Morgan fingerprint density at radius 1 is 1.26 bits per heavy atom. The van der Waals surface area contributed by atoms with Gasteiger partial charge in [0, 0.05) is 18.6 Å². The summed E-state index contributed by atoms with van der Waals surface area (Å²) in [7, 11) is 0. The molecule has 7 heteroatoms. The standard InChI is InChI=1S/C16H11F2N3O2.C4H10/c17-10-6-7-11(12(18)9-10)16(23)21-15-5-1-4-14(20-15)13(19)3-2-8-22;1-4(2)3/h1-2,4-7,9,19H,3H2,(H,20,21,23);4H,1-3H3. The molecule has 1 aromatic carbocycles. The first-order chi connectivity index (χ1) is 12.7. The molecule has 1 aromatic heterocycles. The van der Waals surface area contributed by atoms with Gasteiger partial charge < -0.3 is 10.7 Å². The maximum absolute atomic E-state index is 13.6. The van der Waals surface area contributed by atoms with Gasteiger partial charge in [0.2, 0.25) is 0 Å². The number of nitrogens with one attached hydrogen (secondary N) is 2. The maximum atomic E-state index is 13.6. The van der Waals surface area contributed by atoms with Crippen LogP contribution in [0.1, 0.15) is 43.2 Å². The summed E-state index contributed by atoms with van der Waals surface area (Å²) in [6.07, 6.45) is 1.20. The first-order valence-corrected chi connectivity index (χ1v) is 8.25. The van der Waals surface area contributed by atoms with Crippen molar-refractivity contribution in [3.05, 3.63) is 65.4 Å². The van der Waals surface area contributed by atoms with Gasteiger partial charge in [-0.1, -0.05) is 26.8 Å². The van der Waals surface area contributed by atoms with Crippen LogP contribution < -0.4 is 5.32 Å². The Bertz CT molecular complexity index is 857. The molecular weight excluding hydrogens is 352 g/mol. The van der Waals surface area contributed by atoms with E-state index in [1.807, 2.05) is 0 Å². The number of carbonyl (C=O) groups is 1. The van der Waals surface area contributed by atoms with Gasteiger partial charge in [0.15, 0.2) is 0 Å². The van der Waals surface area contributed by atoms with Crippen molar-refractivity contribution in [3.8, 4) is 0 Å². The number of hydrogen-bond donors (Lipinski definition) is 2. The van der Waals surface area contributed by atoms with Crippen molar-refractivity contribution in [1.29, 1.82) is 5.41 Å². The van der Waals surface area contributed by atoms with E-state index in [2.05, 4.69) is 31.1 Å². The third-order valence-electron chi connectivity index (χ3n) is 2.87. The van der Waals surface area contributed by atoms with Crippen molar-refractivity contribution < 1.29 is 18.4 Å². The van der Waals surface area contributed by atoms with Crippen LogP contribution in [0.15, 0.2) is 42.5 Å². The van der Waals surface area contributed by atoms with Gasteiger partial charge >= 0.3 is 0 Å². The molecule has 0 spiro atoms. The van der Waals surface area contributed by atoms with Crippen molar-refractivity contribution >= 4 is 23.4 Å². The Hall–Kier alpha value is -3.18. The fourth-order valence-corrected chi connectivity index (χ4v) is 1.78. The van der Waals surface area contributed by atoms with E-state index in [0.29, 0.717) is 6.07 Å². The van der Waals surface area contributed by atoms with Crippen molar-refractivity contribution in [2.45, 2.75) is 27.2 Å². The lowest BCUT2D eigenvalue weighted by atomic mass is 10.1. The van der Waals surface area contributed by atoms with Crippen LogP contribution in [0.2, 0.25) is 0 Å². The van der Waals surface area contributed by atoms with Gasteiger partial charge in [0.1, 0.15) is 23.4 Å². The van der Waals surface area contributed by atoms with E-state index >= 15 is 0 Å². The molecule has 1 heterocycles. The summed E-state index contributed by atoms with van der Waals surface area (Å²) in [6, 6.07) is 7.17. The van der Waals surface area contributed by atoms with E-state index in [1.54, 1.807) is 12.0 Å². The largest absolute Gasteiger partial charge is 0.306 e. The van der Waals surface area contributed by atoms with Gasteiger partial charge in [0.25, 0.3) is 5.91 Å². The highest BCUT2D eigenvalue weighted by Gasteiger charge is 2.13. The number of nitrogens with zero attached hydrogens (tertiary/aromatic N) is 1. The Kier molecular flexibility index (Phi) is 8.69. The number of hydrogen-bond acceptors (Lipinski definition) is 4. The molecule has 0 aliphatic heterocycles. The molecule has 0 saturated heterocycles. The Balaban J connectivity index is 0.000000828. The van der Waals surface area contributed by atoms with Gasteiger partial charge in [-0.3, -0.25) is 4.79 Å². The maximum Gasteiger partial charge on any atom is 0.259 e. The van der Waals surface area contributed by atoms with Gasteiger partial charge in [-0.15, -0.1) is 0 Å². The molecule has 0 aliphatic carbocycles. The molecule has 2 rings (SSSR count). The van der Waals surface area contributed by atoms with Gasteiger partial charge in [-0.05, 0) is 30.2 Å². The molecule has 27 heavy (non-hydrogen) atoms. The topological polar surface area (TPSA) is 82.9 Å². The number of rotatable bonds is 5. The third-order valence-corrected chi connectivity index (χ3v) is 2.87. The first kappa shape index (κ1) is 21.9. The first-order valence-electron chi connectivity index (χ1n) is 8.25. The molecule has 2 N–H and O–H groups in total. The molecule has 0 fully saturated rings. The predicted octanol–water partition coefficient (Wildman–Crippen LogP) is 4.42. The van der Waals surface area contributed by atoms with Gasteiger partial charge in [-0.25, -0.2) is 18.6 Å². The Morgan fingerprint density at radius 2 is 1.93 bits per heavy atom. The number of amides is 1. The van der Waals surface area contributed by atoms with E-state index in [9.17, 15) is 18.4 Å². The van der Waals surface area contributed by atoms with Crippen molar-refractivity contribution in [3.63, 3.8) is 0 Å². The zero-order chi connectivity index (χ0) is 20.4. The second-order valence-corrected chi connectivity index (χ2v) is 6.22. The summed E-state index contributed by atoms with van der Waals surface area (Å²) in [5.74, 6) is -0.0485. The lowest BCUT2D eigenvalue weighted by Crippen LogP contribution is -2.15. The van der Waals surface area contributed by atoms with Crippen LogP contribution >= 0.6 is 0 Å². The minimum Gasteiger partial charge on any atom is -0.306 e. The molecule has 2 aromatic rings. The van der Waals surface area contributed by atoms with Crippen LogP contribution in [0, 0.1) is 23.0 Å². The fraction of sp³-hybridized carbons (Fsp3) is 0.250. The lowest BCUT2D eigenvalue weighted by molar-refractivity contribution is 0.102. The van der Waals surface area contributed by atoms with Crippen molar-refractivity contribution in [1.82, 2.24) is 4.98 Å². The van der Waals surface area contributed by atoms with Crippen molar-refractivity contribution in [2.75, 3.05) is 5.32 Å². The number of allylic oxidation sites excluding steroid dienone is 1. The van der Waals surface area contributed by atoms with Crippen LogP contribution in [0.25, 0.3) is 0 Å². The van der Waals surface area contributed by atoms with E-state index in [4.69, 9.17) is 5.41 Å². The third kappa shape index (κ3) is 7.71. The highest BCUT2D eigenvalue weighted by molar-refractivity contribution is 6.04. The molecule has 0 aliphatic rings. The Morgan fingerprint density at radius 3 is 2.52 bits per heavy atom. The number of halogens is 2. The molecule has 0 atom stereocenters. The molecule has 1 amide bonds. The molecular formula is C20H21F2N3O2. The highest BCUT2D eigenvalue weighted by atomic mass is 19.1. The lowest BCUT2D eigenvalue weighted by Gasteiger charge is -2.07. The molecule has 142 valence electrons.